The van der Waals surface area contributed by atoms with Crippen LogP contribution in [-0.4, -0.2) is 50.6 Å². The summed E-state index contributed by atoms with van der Waals surface area (Å²) in [6, 6.07) is 0. The maximum absolute atomic E-state index is 12.5. The number of rotatable bonds is 17. The van der Waals surface area contributed by atoms with Gasteiger partial charge in [-0.15, -0.1) is 0 Å². The largest absolute Gasteiger partial charge is 0.465 e. The highest BCUT2D eigenvalue weighted by Gasteiger charge is 2.48. The van der Waals surface area contributed by atoms with E-state index in [9.17, 15) is 9.59 Å². The van der Waals surface area contributed by atoms with E-state index in [1.807, 2.05) is 34.6 Å². The van der Waals surface area contributed by atoms with Crippen molar-refractivity contribution in [2.45, 2.75) is 118 Å². The first-order chi connectivity index (χ1) is 17.1. The molecule has 0 saturated carbocycles. The molecule has 0 unspecified atom stereocenters. The van der Waals surface area contributed by atoms with E-state index >= 15 is 0 Å². The molecule has 2 saturated heterocycles. The van der Waals surface area contributed by atoms with E-state index in [1.54, 1.807) is 0 Å². The van der Waals surface area contributed by atoms with Gasteiger partial charge in [0.2, 0.25) is 0 Å². The number of hydrogen-bond donors (Lipinski definition) is 0. The lowest BCUT2D eigenvalue weighted by atomic mass is 9.78. The summed E-state index contributed by atoms with van der Waals surface area (Å²) < 4.78 is 22.9. The van der Waals surface area contributed by atoms with E-state index in [1.165, 1.54) is 32.1 Å². The standard InChI is InChI=1S/C30H52O6/c1-7-8-9-13-19-33-22-24-23(25-16-17-26(24)36-25)15-11-10-12-18-30(5,6)28(32)35-21-14-20-34-27(31)29(2,3)4/h10-11,23-26H,7-9,12-22H2,1-6H3/t23-,24+,25-,26+/m0/s1. The molecule has 36 heavy (non-hydrogen) atoms. The maximum atomic E-state index is 12.5. The van der Waals surface area contributed by atoms with Crippen LogP contribution in [0.25, 0.3) is 0 Å². The van der Waals surface area contributed by atoms with Gasteiger partial charge in [-0.2, -0.15) is 0 Å². The Bertz CT molecular complexity index is 692. The van der Waals surface area contributed by atoms with Crippen molar-refractivity contribution in [2.75, 3.05) is 26.4 Å². The van der Waals surface area contributed by atoms with Crippen LogP contribution in [0.2, 0.25) is 0 Å². The first-order valence-corrected chi connectivity index (χ1v) is 14.3. The van der Waals surface area contributed by atoms with Crippen molar-refractivity contribution < 1.29 is 28.5 Å². The summed E-state index contributed by atoms with van der Waals surface area (Å²) >= 11 is 0. The van der Waals surface area contributed by atoms with Gasteiger partial charge in [0.05, 0.1) is 42.9 Å². The number of ether oxygens (including phenoxy) is 4. The summed E-state index contributed by atoms with van der Waals surface area (Å²) in [6.07, 6.45) is 15.6. The Kier molecular flexibility index (Phi) is 12.9. The summed E-state index contributed by atoms with van der Waals surface area (Å²) in [5.74, 6) is 0.615. The number of esters is 2. The molecule has 2 rings (SSSR count). The predicted molar refractivity (Wildman–Crippen MR) is 143 cm³/mol. The Morgan fingerprint density at radius 1 is 0.833 bits per heavy atom. The van der Waals surface area contributed by atoms with Gasteiger partial charge in [-0.1, -0.05) is 38.3 Å². The van der Waals surface area contributed by atoms with Crippen molar-refractivity contribution in [3.63, 3.8) is 0 Å². The van der Waals surface area contributed by atoms with Gasteiger partial charge in [0, 0.05) is 18.9 Å². The van der Waals surface area contributed by atoms with Crippen LogP contribution in [0.5, 0.6) is 0 Å². The molecule has 208 valence electrons. The molecule has 6 nitrogen and oxygen atoms in total. The fraction of sp³-hybridized carbons (Fsp3) is 0.867. The number of fused-ring (bicyclic) bond motifs is 2. The highest BCUT2D eigenvalue weighted by Crippen LogP contribution is 2.45. The summed E-state index contributed by atoms with van der Waals surface area (Å²) in [5.41, 5.74) is -1.06. The van der Waals surface area contributed by atoms with Crippen molar-refractivity contribution in [1.82, 2.24) is 0 Å². The summed E-state index contributed by atoms with van der Waals surface area (Å²) in [7, 11) is 0. The predicted octanol–water partition coefficient (Wildman–Crippen LogP) is 6.65. The van der Waals surface area contributed by atoms with Crippen LogP contribution in [0.1, 0.15) is 106 Å². The molecule has 2 aliphatic heterocycles. The second kappa shape index (κ2) is 15.1. The third-order valence-corrected chi connectivity index (χ3v) is 7.47. The second-order valence-electron chi connectivity index (χ2n) is 12.3. The van der Waals surface area contributed by atoms with E-state index in [-0.39, 0.29) is 25.2 Å². The third kappa shape index (κ3) is 10.2. The molecular weight excluding hydrogens is 456 g/mol. The zero-order chi connectivity index (χ0) is 26.6. The van der Waals surface area contributed by atoms with Gasteiger partial charge >= 0.3 is 11.9 Å². The Hall–Kier alpha value is -1.40. The first kappa shape index (κ1) is 30.8. The third-order valence-electron chi connectivity index (χ3n) is 7.47. The van der Waals surface area contributed by atoms with E-state index in [4.69, 9.17) is 18.9 Å². The fourth-order valence-electron chi connectivity index (χ4n) is 5.00. The topological polar surface area (TPSA) is 71.1 Å². The smallest absolute Gasteiger partial charge is 0.311 e. The number of carbonyl (C=O) groups is 2. The fourth-order valence-corrected chi connectivity index (χ4v) is 5.00. The Morgan fingerprint density at radius 2 is 1.50 bits per heavy atom. The van der Waals surface area contributed by atoms with Crippen LogP contribution in [0.3, 0.4) is 0 Å². The van der Waals surface area contributed by atoms with Crippen LogP contribution < -0.4 is 0 Å². The number of unbranched alkanes of at least 4 members (excludes halogenated alkanes) is 3. The minimum absolute atomic E-state index is 0.198. The molecule has 0 aliphatic carbocycles. The molecule has 2 fully saturated rings. The van der Waals surface area contributed by atoms with Gasteiger partial charge in [-0.3, -0.25) is 9.59 Å². The van der Waals surface area contributed by atoms with Crippen LogP contribution in [0.4, 0.5) is 0 Å². The molecule has 0 aromatic carbocycles. The quantitative estimate of drug-likeness (QED) is 0.124. The van der Waals surface area contributed by atoms with Crippen LogP contribution in [0, 0.1) is 22.7 Å². The molecule has 0 N–H and O–H groups in total. The molecule has 2 bridgehead atoms. The van der Waals surface area contributed by atoms with E-state index in [0.29, 0.717) is 30.5 Å². The van der Waals surface area contributed by atoms with Gasteiger partial charge in [0.15, 0.2) is 0 Å². The first-order valence-electron chi connectivity index (χ1n) is 14.3. The lowest BCUT2D eigenvalue weighted by Gasteiger charge is -2.27. The van der Waals surface area contributed by atoms with Crippen molar-refractivity contribution in [2.24, 2.45) is 22.7 Å². The molecule has 2 heterocycles. The molecule has 6 heteroatoms. The van der Waals surface area contributed by atoms with Crippen molar-refractivity contribution >= 4 is 11.9 Å². The average molecular weight is 509 g/mol. The number of carbonyl (C=O) groups excluding carboxylic acids is 2. The number of allylic oxidation sites excluding steroid dienone is 2. The SMILES string of the molecule is CCCCCCOC[C@@H]1[C@H](CC=CCCC(C)(C)C(=O)OCCCOC(=O)C(C)(C)C)[C@@H]2CC[C@H]1O2. The molecule has 0 spiro atoms. The minimum Gasteiger partial charge on any atom is -0.465 e. The molecule has 0 amide bonds. The maximum Gasteiger partial charge on any atom is 0.311 e. The van der Waals surface area contributed by atoms with Gasteiger partial charge in [-0.25, -0.2) is 0 Å². The summed E-state index contributed by atoms with van der Waals surface area (Å²) in [4.78, 5) is 24.3. The molecule has 0 aromatic heterocycles. The molecule has 0 radical (unpaired) electrons. The minimum atomic E-state index is -0.546. The highest BCUT2D eigenvalue weighted by molar-refractivity contribution is 5.76. The van der Waals surface area contributed by atoms with Crippen LogP contribution >= 0.6 is 0 Å². The highest BCUT2D eigenvalue weighted by atomic mass is 16.5. The lowest BCUT2D eigenvalue weighted by Crippen LogP contribution is -2.30. The van der Waals surface area contributed by atoms with Gasteiger partial charge in [0.25, 0.3) is 0 Å². The average Bonchev–Trinajstić information content (AvgIpc) is 3.42. The van der Waals surface area contributed by atoms with Crippen molar-refractivity contribution in [1.29, 1.82) is 0 Å². The Balaban J connectivity index is 1.63. The summed E-state index contributed by atoms with van der Waals surface area (Å²) in [6.45, 7) is 13.8. The van der Waals surface area contributed by atoms with E-state index in [2.05, 4.69) is 19.1 Å². The second-order valence-corrected chi connectivity index (χ2v) is 12.3. The zero-order valence-corrected chi connectivity index (χ0v) is 23.8. The summed E-state index contributed by atoms with van der Waals surface area (Å²) in [5, 5.41) is 0. The van der Waals surface area contributed by atoms with Gasteiger partial charge in [-0.05, 0) is 79.1 Å². The van der Waals surface area contributed by atoms with Crippen LogP contribution in [0.15, 0.2) is 12.2 Å². The lowest BCUT2D eigenvalue weighted by molar-refractivity contribution is -0.156. The van der Waals surface area contributed by atoms with Crippen molar-refractivity contribution in [3.8, 4) is 0 Å². The van der Waals surface area contributed by atoms with Crippen molar-refractivity contribution in [3.05, 3.63) is 12.2 Å². The normalized spacial score (nSPS) is 23.9. The van der Waals surface area contributed by atoms with Crippen LogP contribution in [-0.2, 0) is 28.5 Å². The zero-order valence-electron chi connectivity index (χ0n) is 23.8. The Labute approximate surface area is 219 Å². The molecule has 4 atom stereocenters. The molecular formula is C30H52O6. The van der Waals surface area contributed by atoms with E-state index < -0.39 is 10.8 Å². The van der Waals surface area contributed by atoms with Gasteiger partial charge in [0.1, 0.15) is 0 Å². The van der Waals surface area contributed by atoms with E-state index in [0.717, 1.165) is 38.9 Å². The monoisotopic (exact) mass is 508 g/mol. The van der Waals surface area contributed by atoms with Gasteiger partial charge < -0.3 is 18.9 Å². The molecule has 2 aliphatic rings. The molecule has 0 aromatic rings. The number of hydrogen-bond acceptors (Lipinski definition) is 6. The Morgan fingerprint density at radius 3 is 2.17 bits per heavy atom.